The number of ether oxygens (including phenoxy) is 1. The number of ketones is 1. The minimum atomic E-state index is 0.0582. The van der Waals surface area contributed by atoms with E-state index in [0.717, 1.165) is 63.1 Å². The fraction of sp³-hybridized carbons (Fsp3) is 0.667. The number of aryl methyl sites for hydroxylation is 1. The molecule has 0 spiro atoms. The molecule has 1 aliphatic rings. The molecule has 134 valence electrons. The van der Waals surface area contributed by atoms with Crippen LogP contribution in [-0.2, 0) is 4.74 Å². The molecule has 0 aliphatic carbocycles. The summed E-state index contributed by atoms with van der Waals surface area (Å²) in [4.78, 5) is 14.8. The van der Waals surface area contributed by atoms with Crippen molar-refractivity contribution in [2.45, 2.75) is 64.9 Å². The summed E-state index contributed by atoms with van der Waals surface area (Å²) in [6.45, 7) is 10.5. The molecule has 1 aromatic carbocycles. The minimum Gasteiger partial charge on any atom is -0.375 e. The molecule has 0 amide bonds. The van der Waals surface area contributed by atoms with Crippen LogP contribution in [0.5, 0.6) is 0 Å². The van der Waals surface area contributed by atoms with E-state index in [4.69, 9.17) is 4.74 Å². The maximum absolute atomic E-state index is 12.3. The number of rotatable bonds is 9. The molecule has 1 saturated heterocycles. The molecule has 0 unspecified atom stereocenters. The predicted molar refractivity (Wildman–Crippen MR) is 99.7 cm³/mol. The molecule has 2 rings (SSSR count). The molecule has 0 aromatic heterocycles. The van der Waals surface area contributed by atoms with Gasteiger partial charge in [0, 0.05) is 31.7 Å². The number of benzene rings is 1. The summed E-state index contributed by atoms with van der Waals surface area (Å²) in [5.41, 5.74) is 2.02. The normalized spacial score (nSPS) is 17.8. The van der Waals surface area contributed by atoms with Gasteiger partial charge in [-0.25, -0.2) is 0 Å². The van der Waals surface area contributed by atoms with Crippen LogP contribution in [0, 0.1) is 6.92 Å². The maximum atomic E-state index is 12.3. The highest BCUT2D eigenvalue weighted by Crippen LogP contribution is 2.26. The molecule has 1 heterocycles. The van der Waals surface area contributed by atoms with Crippen molar-refractivity contribution in [2.24, 2.45) is 0 Å². The van der Waals surface area contributed by atoms with Crippen molar-refractivity contribution < 1.29 is 9.53 Å². The van der Waals surface area contributed by atoms with E-state index < -0.39 is 0 Å². The summed E-state index contributed by atoms with van der Waals surface area (Å²) in [7, 11) is 0. The number of nitrogens with zero attached hydrogens (tertiary/aromatic N) is 1. The van der Waals surface area contributed by atoms with Crippen LogP contribution in [0.1, 0.15) is 68.3 Å². The average molecular weight is 332 g/mol. The molecular formula is C21H33NO2. The first-order valence-corrected chi connectivity index (χ1v) is 9.49. The van der Waals surface area contributed by atoms with E-state index in [1.807, 2.05) is 31.2 Å². The Hall–Kier alpha value is -1.19. The lowest BCUT2D eigenvalue weighted by Gasteiger charge is -2.39. The number of carbonyl (C=O) groups excluding carboxylic acids is 1. The Balaban J connectivity index is 1.68. The number of Topliss-reactive ketones (excluding diaryl/α,β-unsaturated/α-hetero) is 1. The van der Waals surface area contributed by atoms with Gasteiger partial charge in [0.2, 0.25) is 0 Å². The summed E-state index contributed by atoms with van der Waals surface area (Å²) in [5.74, 6) is 0.276. The molecule has 3 nitrogen and oxygen atoms in total. The lowest BCUT2D eigenvalue weighted by Crippen LogP contribution is -2.44. The first-order valence-electron chi connectivity index (χ1n) is 9.49. The monoisotopic (exact) mass is 331 g/mol. The molecule has 0 N–H and O–H groups in total. The molecule has 1 fully saturated rings. The van der Waals surface area contributed by atoms with E-state index in [0.29, 0.717) is 6.42 Å². The largest absolute Gasteiger partial charge is 0.375 e. The van der Waals surface area contributed by atoms with E-state index in [-0.39, 0.29) is 11.4 Å². The second-order valence-corrected chi connectivity index (χ2v) is 7.34. The smallest absolute Gasteiger partial charge is 0.163 e. The standard InChI is InChI=1S/C21H33NO2/c1-4-5-17-24-21(3)12-15-22(16-13-21)14-8-11-20(23)19-10-7-6-9-18(19)2/h6-7,9-10H,4-5,8,11-17H2,1-3H3. The summed E-state index contributed by atoms with van der Waals surface area (Å²) in [6, 6.07) is 7.89. The average Bonchev–Trinajstić information content (AvgIpc) is 2.57. The number of piperidine rings is 1. The number of unbranched alkanes of at least 4 members (excludes halogenated alkanes) is 1. The van der Waals surface area contributed by atoms with Crippen LogP contribution >= 0.6 is 0 Å². The van der Waals surface area contributed by atoms with Crippen molar-refractivity contribution >= 4 is 5.78 Å². The Bertz CT molecular complexity index is 518. The van der Waals surface area contributed by atoms with Gasteiger partial charge < -0.3 is 9.64 Å². The Morgan fingerprint density at radius 1 is 1.21 bits per heavy atom. The zero-order valence-electron chi connectivity index (χ0n) is 15.6. The summed E-state index contributed by atoms with van der Waals surface area (Å²) >= 11 is 0. The highest BCUT2D eigenvalue weighted by molar-refractivity contribution is 5.97. The van der Waals surface area contributed by atoms with Gasteiger partial charge >= 0.3 is 0 Å². The first-order chi connectivity index (χ1) is 11.5. The topological polar surface area (TPSA) is 29.5 Å². The van der Waals surface area contributed by atoms with E-state index in [9.17, 15) is 4.79 Å². The third-order valence-corrected chi connectivity index (χ3v) is 5.19. The van der Waals surface area contributed by atoms with Gasteiger partial charge in [-0.3, -0.25) is 4.79 Å². The van der Waals surface area contributed by atoms with Gasteiger partial charge in [0.1, 0.15) is 0 Å². The summed E-state index contributed by atoms with van der Waals surface area (Å²) < 4.78 is 6.09. The second kappa shape index (κ2) is 9.33. The Morgan fingerprint density at radius 3 is 2.58 bits per heavy atom. The lowest BCUT2D eigenvalue weighted by atomic mass is 9.93. The van der Waals surface area contributed by atoms with Gasteiger partial charge in [-0.15, -0.1) is 0 Å². The van der Waals surface area contributed by atoms with E-state index in [2.05, 4.69) is 18.7 Å². The summed E-state index contributed by atoms with van der Waals surface area (Å²) in [5, 5.41) is 0. The van der Waals surface area contributed by atoms with Crippen LogP contribution in [0.2, 0.25) is 0 Å². The second-order valence-electron chi connectivity index (χ2n) is 7.34. The molecule has 0 atom stereocenters. The third-order valence-electron chi connectivity index (χ3n) is 5.19. The van der Waals surface area contributed by atoms with Crippen LogP contribution in [-0.4, -0.2) is 42.5 Å². The van der Waals surface area contributed by atoms with Gasteiger partial charge in [-0.2, -0.15) is 0 Å². The number of hydrogen-bond acceptors (Lipinski definition) is 3. The van der Waals surface area contributed by atoms with E-state index >= 15 is 0 Å². The molecule has 1 aliphatic heterocycles. The van der Waals surface area contributed by atoms with Crippen LogP contribution in [0.15, 0.2) is 24.3 Å². The number of likely N-dealkylation sites (tertiary alicyclic amines) is 1. The molecule has 24 heavy (non-hydrogen) atoms. The van der Waals surface area contributed by atoms with Gasteiger partial charge in [-0.1, -0.05) is 37.6 Å². The molecule has 0 bridgehead atoms. The van der Waals surface area contributed by atoms with Crippen molar-refractivity contribution in [3.8, 4) is 0 Å². The molecule has 0 saturated carbocycles. The van der Waals surface area contributed by atoms with E-state index in [1.54, 1.807) is 0 Å². The highest BCUT2D eigenvalue weighted by atomic mass is 16.5. The molecule has 1 aromatic rings. The lowest BCUT2D eigenvalue weighted by molar-refractivity contribution is -0.0718. The van der Waals surface area contributed by atoms with Crippen LogP contribution in [0.4, 0.5) is 0 Å². The molecule has 3 heteroatoms. The zero-order valence-corrected chi connectivity index (χ0v) is 15.6. The van der Waals surface area contributed by atoms with E-state index in [1.165, 1.54) is 6.42 Å². The van der Waals surface area contributed by atoms with Crippen molar-refractivity contribution in [1.82, 2.24) is 4.90 Å². The molecular weight excluding hydrogens is 298 g/mol. The predicted octanol–water partition coefficient (Wildman–Crippen LogP) is 4.63. The molecule has 0 radical (unpaired) electrons. The third kappa shape index (κ3) is 5.71. The van der Waals surface area contributed by atoms with Crippen molar-refractivity contribution in [3.05, 3.63) is 35.4 Å². The highest BCUT2D eigenvalue weighted by Gasteiger charge is 2.30. The maximum Gasteiger partial charge on any atom is 0.163 e. The zero-order chi connectivity index (χ0) is 17.4. The van der Waals surface area contributed by atoms with Crippen molar-refractivity contribution in [1.29, 1.82) is 0 Å². The Labute approximate surface area is 147 Å². The fourth-order valence-electron chi connectivity index (χ4n) is 3.34. The van der Waals surface area contributed by atoms with Crippen molar-refractivity contribution in [3.63, 3.8) is 0 Å². The van der Waals surface area contributed by atoms with Crippen molar-refractivity contribution in [2.75, 3.05) is 26.2 Å². The van der Waals surface area contributed by atoms with Gasteiger partial charge in [0.25, 0.3) is 0 Å². The first kappa shape index (κ1) is 19.1. The summed E-state index contributed by atoms with van der Waals surface area (Å²) in [6.07, 6.45) is 6.13. The Morgan fingerprint density at radius 2 is 1.92 bits per heavy atom. The van der Waals surface area contributed by atoms with Gasteiger partial charge in [-0.05, 0) is 51.6 Å². The van der Waals surface area contributed by atoms with Crippen LogP contribution in [0.3, 0.4) is 0 Å². The van der Waals surface area contributed by atoms with Gasteiger partial charge in [0.15, 0.2) is 5.78 Å². The van der Waals surface area contributed by atoms with Crippen LogP contribution < -0.4 is 0 Å². The quantitative estimate of drug-likeness (QED) is 0.488. The SMILES string of the molecule is CCCCOC1(C)CCN(CCCC(=O)c2ccccc2C)CC1. The number of carbonyl (C=O) groups is 1. The minimum absolute atomic E-state index is 0.0582. The van der Waals surface area contributed by atoms with Crippen LogP contribution in [0.25, 0.3) is 0 Å². The Kier molecular flexibility index (Phi) is 7.44. The fourth-order valence-corrected chi connectivity index (χ4v) is 3.34. The number of hydrogen-bond donors (Lipinski definition) is 0. The van der Waals surface area contributed by atoms with Gasteiger partial charge in [0.05, 0.1) is 5.60 Å².